The van der Waals surface area contributed by atoms with Gasteiger partial charge in [-0.15, -0.1) is 0 Å². The summed E-state index contributed by atoms with van der Waals surface area (Å²) in [5.74, 6) is 0.616. The molecule has 1 aromatic rings. The summed E-state index contributed by atoms with van der Waals surface area (Å²) in [6.45, 7) is 4.75. The van der Waals surface area contributed by atoms with Crippen LogP contribution in [0.5, 0.6) is 11.5 Å². The summed E-state index contributed by atoms with van der Waals surface area (Å²) in [5, 5.41) is 9.08. The number of carbonyl (C=O) groups is 1. The van der Waals surface area contributed by atoms with Crippen LogP contribution in [-0.2, 0) is 9.53 Å². The lowest BCUT2D eigenvalue weighted by molar-refractivity contribution is -0.157. The minimum Gasteiger partial charge on any atom is -0.486 e. The number of nitrogens with zero attached hydrogens (tertiary/aromatic N) is 1. The van der Waals surface area contributed by atoms with Gasteiger partial charge in [-0.25, -0.2) is 4.79 Å². The molecule has 2 atom stereocenters. The van der Waals surface area contributed by atoms with Gasteiger partial charge in [0.15, 0.2) is 17.6 Å². The molecule has 6 nitrogen and oxygen atoms in total. The fraction of sp³-hybridized carbons (Fsp3) is 0.533. The second-order valence-corrected chi connectivity index (χ2v) is 5.27. The molecule has 6 heteroatoms. The number of ether oxygens (including phenoxy) is 3. The molecule has 1 fully saturated rings. The largest absolute Gasteiger partial charge is 0.486 e. The van der Waals surface area contributed by atoms with Crippen LogP contribution < -0.4 is 9.47 Å². The van der Waals surface area contributed by atoms with E-state index < -0.39 is 12.1 Å². The molecule has 114 valence electrons. The molecule has 2 unspecified atom stereocenters. The van der Waals surface area contributed by atoms with E-state index in [1.54, 1.807) is 0 Å². The number of hydrogen-bond donors (Lipinski definition) is 1. The van der Waals surface area contributed by atoms with E-state index >= 15 is 0 Å². The Hall–Kier alpha value is -1.79. The molecule has 0 saturated carbocycles. The molecular formula is C15H19NO5. The van der Waals surface area contributed by atoms with E-state index in [0.29, 0.717) is 26.4 Å². The van der Waals surface area contributed by atoms with Gasteiger partial charge in [-0.05, 0) is 24.6 Å². The minimum absolute atomic E-state index is 0.103. The van der Waals surface area contributed by atoms with Crippen molar-refractivity contribution in [2.24, 2.45) is 0 Å². The minimum atomic E-state index is -0.908. The first-order chi connectivity index (χ1) is 10.1. The van der Waals surface area contributed by atoms with Crippen molar-refractivity contribution in [3.63, 3.8) is 0 Å². The number of carboxylic acid groups (broad SMARTS) is 1. The Morgan fingerprint density at radius 2 is 2.05 bits per heavy atom. The first-order valence-electron chi connectivity index (χ1n) is 7.13. The Morgan fingerprint density at radius 1 is 1.29 bits per heavy atom. The van der Waals surface area contributed by atoms with Crippen LogP contribution in [0.2, 0.25) is 0 Å². The molecule has 1 N–H and O–H groups in total. The number of fused-ring (bicyclic) bond motifs is 1. The summed E-state index contributed by atoms with van der Waals surface area (Å²) in [5.41, 5.74) is 1.09. The average Bonchev–Trinajstić information content (AvgIpc) is 2.53. The van der Waals surface area contributed by atoms with E-state index in [0.717, 1.165) is 23.6 Å². The average molecular weight is 293 g/mol. The summed E-state index contributed by atoms with van der Waals surface area (Å²) >= 11 is 0. The van der Waals surface area contributed by atoms with Crippen LogP contribution in [0.25, 0.3) is 0 Å². The molecular weight excluding hydrogens is 274 g/mol. The van der Waals surface area contributed by atoms with Gasteiger partial charge in [0.25, 0.3) is 0 Å². The van der Waals surface area contributed by atoms with Crippen LogP contribution in [0.4, 0.5) is 0 Å². The summed E-state index contributed by atoms with van der Waals surface area (Å²) in [7, 11) is 0. The van der Waals surface area contributed by atoms with E-state index in [2.05, 4.69) is 11.8 Å². The van der Waals surface area contributed by atoms with Crippen LogP contribution in [0.1, 0.15) is 18.5 Å². The van der Waals surface area contributed by atoms with Crippen molar-refractivity contribution in [1.29, 1.82) is 0 Å². The van der Waals surface area contributed by atoms with Crippen LogP contribution in [0.3, 0.4) is 0 Å². The molecule has 2 heterocycles. The first-order valence-corrected chi connectivity index (χ1v) is 7.13. The van der Waals surface area contributed by atoms with Crippen molar-refractivity contribution in [2.75, 3.05) is 32.9 Å². The summed E-state index contributed by atoms with van der Waals surface area (Å²) < 4.78 is 16.4. The molecule has 0 spiro atoms. The van der Waals surface area contributed by atoms with Crippen molar-refractivity contribution in [1.82, 2.24) is 4.90 Å². The number of aliphatic carboxylic acids is 1. The maximum Gasteiger partial charge on any atom is 0.334 e. The lowest BCUT2D eigenvalue weighted by Gasteiger charge is -2.35. The fourth-order valence-corrected chi connectivity index (χ4v) is 2.70. The van der Waals surface area contributed by atoms with Gasteiger partial charge in [0.2, 0.25) is 0 Å². The molecule has 1 aromatic carbocycles. The molecule has 0 aliphatic carbocycles. The van der Waals surface area contributed by atoms with Gasteiger partial charge in [0, 0.05) is 19.1 Å². The highest BCUT2D eigenvalue weighted by Gasteiger charge is 2.29. The zero-order valence-electron chi connectivity index (χ0n) is 11.9. The van der Waals surface area contributed by atoms with Gasteiger partial charge in [0.1, 0.15) is 13.2 Å². The molecule has 2 aliphatic heterocycles. The third-order valence-electron chi connectivity index (χ3n) is 3.97. The number of rotatable bonds is 3. The van der Waals surface area contributed by atoms with Crippen molar-refractivity contribution < 1.29 is 24.1 Å². The highest BCUT2D eigenvalue weighted by Crippen LogP contribution is 2.34. The lowest BCUT2D eigenvalue weighted by Crippen LogP contribution is -2.46. The molecule has 0 aromatic heterocycles. The topological polar surface area (TPSA) is 68.2 Å². The number of carboxylic acids is 1. The van der Waals surface area contributed by atoms with Crippen LogP contribution >= 0.6 is 0 Å². The van der Waals surface area contributed by atoms with E-state index in [-0.39, 0.29) is 6.04 Å². The van der Waals surface area contributed by atoms with Crippen LogP contribution in [0, 0.1) is 0 Å². The normalized spacial score (nSPS) is 23.6. The predicted molar refractivity (Wildman–Crippen MR) is 74.8 cm³/mol. The first kappa shape index (κ1) is 14.2. The van der Waals surface area contributed by atoms with Gasteiger partial charge < -0.3 is 19.3 Å². The van der Waals surface area contributed by atoms with Gasteiger partial charge in [-0.3, -0.25) is 4.90 Å². The molecule has 0 radical (unpaired) electrons. The Balaban J connectivity index is 1.75. The number of hydrogen-bond acceptors (Lipinski definition) is 5. The summed E-state index contributed by atoms with van der Waals surface area (Å²) in [6, 6.07) is 6.00. The standard InChI is InChI=1S/C15H19NO5/c1-10(16-4-5-19-14(9-16)15(17)18)11-2-3-12-13(8-11)21-7-6-20-12/h2-3,8,10,14H,4-7,9H2,1H3,(H,17,18). The maximum absolute atomic E-state index is 11.1. The maximum atomic E-state index is 11.1. The van der Waals surface area contributed by atoms with Crippen molar-refractivity contribution in [3.8, 4) is 11.5 Å². The zero-order chi connectivity index (χ0) is 14.8. The van der Waals surface area contributed by atoms with Crippen LogP contribution in [0.15, 0.2) is 18.2 Å². The van der Waals surface area contributed by atoms with E-state index in [4.69, 9.17) is 19.3 Å². The summed E-state index contributed by atoms with van der Waals surface area (Å²) in [4.78, 5) is 13.2. The molecule has 0 bridgehead atoms. The lowest BCUT2D eigenvalue weighted by atomic mass is 10.0. The zero-order valence-corrected chi connectivity index (χ0v) is 11.9. The highest BCUT2D eigenvalue weighted by molar-refractivity contribution is 5.72. The molecule has 0 amide bonds. The Bertz CT molecular complexity index is 533. The highest BCUT2D eigenvalue weighted by atomic mass is 16.6. The van der Waals surface area contributed by atoms with Crippen molar-refractivity contribution in [3.05, 3.63) is 23.8 Å². The Labute approximate surface area is 123 Å². The number of morpholine rings is 1. The monoisotopic (exact) mass is 293 g/mol. The van der Waals surface area contributed by atoms with E-state index in [9.17, 15) is 4.79 Å². The predicted octanol–water partition coefficient (Wildman–Crippen LogP) is 1.30. The molecule has 1 saturated heterocycles. The van der Waals surface area contributed by atoms with Crippen molar-refractivity contribution >= 4 is 5.97 Å². The molecule has 21 heavy (non-hydrogen) atoms. The smallest absolute Gasteiger partial charge is 0.334 e. The third-order valence-corrected chi connectivity index (χ3v) is 3.97. The third kappa shape index (κ3) is 2.96. The SMILES string of the molecule is CC(c1ccc2c(c1)OCCO2)N1CCOC(C(=O)O)C1. The van der Waals surface area contributed by atoms with Gasteiger partial charge in [0.05, 0.1) is 6.61 Å². The molecule has 3 rings (SSSR count). The van der Waals surface area contributed by atoms with Gasteiger partial charge >= 0.3 is 5.97 Å². The Morgan fingerprint density at radius 3 is 2.81 bits per heavy atom. The second-order valence-electron chi connectivity index (χ2n) is 5.27. The second kappa shape index (κ2) is 5.91. The summed E-state index contributed by atoms with van der Waals surface area (Å²) in [6.07, 6.45) is -0.751. The molecule has 2 aliphatic rings. The quantitative estimate of drug-likeness (QED) is 0.906. The fourth-order valence-electron chi connectivity index (χ4n) is 2.70. The Kier molecular flexibility index (Phi) is 3.98. The van der Waals surface area contributed by atoms with Crippen molar-refractivity contribution in [2.45, 2.75) is 19.1 Å². The number of benzene rings is 1. The van der Waals surface area contributed by atoms with E-state index in [1.165, 1.54) is 0 Å². The van der Waals surface area contributed by atoms with Crippen LogP contribution in [-0.4, -0.2) is 55.0 Å². The van der Waals surface area contributed by atoms with Gasteiger partial charge in [-0.1, -0.05) is 6.07 Å². The van der Waals surface area contributed by atoms with E-state index in [1.807, 2.05) is 18.2 Å². The van der Waals surface area contributed by atoms with Gasteiger partial charge in [-0.2, -0.15) is 0 Å².